The molecule has 3 nitrogen and oxygen atoms in total. The minimum absolute atomic E-state index is 0.0837. The lowest BCUT2D eigenvalue weighted by Crippen LogP contribution is -2.17. The first-order valence-corrected chi connectivity index (χ1v) is 2.70. The summed E-state index contributed by atoms with van der Waals surface area (Å²) in [5, 5.41) is 0. The number of hydrogen-bond donors (Lipinski definition) is 0. The second-order valence-corrected chi connectivity index (χ2v) is 2.12. The zero-order chi connectivity index (χ0) is 6.43. The molecule has 3 heteroatoms. The quantitative estimate of drug-likeness (QED) is 0.407. The SMILES string of the molecule is O=C1C=CC(=O)C2OC12. The average Bonchev–Trinajstić information content (AvgIpc) is 2.57. The lowest BCUT2D eigenvalue weighted by Gasteiger charge is -1.91. The van der Waals surface area contributed by atoms with Gasteiger partial charge in [-0.1, -0.05) is 0 Å². The zero-order valence-corrected chi connectivity index (χ0v) is 4.53. The Hall–Kier alpha value is -0.960. The molecule has 0 N–H and O–H groups in total. The predicted octanol–water partition coefficient (Wildman–Crippen LogP) is -0.538. The lowest BCUT2D eigenvalue weighted by molar-refractivity contribution is -0.118. The van der Waals surface area contributed by atoms with E-state index in [1.165, 1.54) is 12.2 Å². The molecule has 1 aliphatic heterocycles. The molecule has 0 aromatic carbocycles. The largest absolute Gasteiger partial charge is 0.352 e. The van der Waals surface area contributed by atoms with Crippen molar-refractivity contribution >= 4 is 11.6 Å². The Morgan fingerprint density at radius 3 is 2.00 bits per heavy atom. The maximum atomic E-state index is 10.6. The molecule has 2 aliphatic rings. The van der Waals surface area contributed by atoms with Crippen LogP contribution in [0.15, 0.2) is 12.2 Å². The average molecular weight is 124 g/mol. The van der Waals surface area contributed by atoms with E-state index in [2.05, 4.69) is 0 Å². The fraction of sp³-hybridized carbons (Fsp3) is 0.333. The van der Waals surface area contributed by atoms with E-state index >= 15 is 0 Å². The fourth-order valence-electron chi connectivity index (χ4n) is 0.899. The Balaban J connectivity index is 2.34. The van der Waals surface area contributed by atoms with Crippen molar-refractivity contribution in [2.75, 3.05) is 0 Å². The van der Waals surface area contributed by atoms with Crippen molar-refractivity contribution < 1.29 is 14.3 Å². The standard InChI is InChI=1S/C6H4O3/c7-3-1-2-4(8)6-5(3)9-6/h1-2,5-6H. The molecule has 2 atom stereocenters. The van der Waals surface area contributed by atoms with Crippen molar-refractivity contribution in [3.05, 3.63) is 12.2 Å². The Kier molecular flexibility index (Phi) is 0.706. The monoisotopic (exact) mass is 124 g/mol. The van der Waals surface area contributed by atoms with Crippen LogP contribution in [0, 0.1) is 0 Å². The molecule has 9 heavy (non-hydrogen) atoms. The van der Waals surface area contributed by atoms with Gasteiger partial charge in [0.25, 0.3) is 0 Å². The molecule has 0 spiro atoms. The molecule has 2 unspecified atom stereocenters. The lowest BCUT2D eigenvalue weighted by atomic mass is 10.1. The van der Waals surface area contributed by atoms with E-state index in [1.807, 2.05) is 0 Å². The first-order valence-electron chi connectivity index (χ1n) is 2.70. The van der Waals surface area contributed by atoms with Crippen LogP contribution in [0.2, 0.25) is 0 Å². The fourth-order valence-corrected chi connectivity index (χ4v) is 0.899. The highest BCUT2D eigenvalue weighted by Gasteiger charge is 2.50. The molecule has 46 valence electrons. The van der Waals surface area contributed by atoms with E-state index in [0.29, 0.717) is 0 Å². The van der Waals surface area contributed by atoms with Gasteiger partial charge in [0.05, 0.1) is 0 Å². The van der Waals surface area contributed by atoms with Crippen LogP contribution < -0.4 is 0 Å². The molecule has 0 aromatic rings. The Morgan fingerprint density at radius 1 is 1.11 bits per heavy atom. The molecular weight excluding hydrogens is 120 g/mol. The van der Waals surface area contributed by atoms with Gasteiger partial charge in [-0.15, -0.1) is 0 Å². The molecule has 0 amide bonds. The summed E-state index contributed by atoms with van der Waals surface area (Å²) in [6.07, 6.45) is 1.69. The van der Waals surface area contributed by atoms with Gasteiger partial charge >= 0.3 is 0 Å². The number of hydrogen-bond acceptors (Lipinski definition) is 3. The zero-order valence-electron chi connectivity index (χ0n) is 4.53. The van der Waals surface area contributed by atoms with Crippen molar-refractivity contribution in [1.29, 1.82) is 0 Å². The first-order chi connectivity index (χ1) is 4.29. The molecule has 1 heterocycles. The van der Waals surface area contributed by atoms with Gasteiger partial charge < -0.3 is 4.74 Å². The molecule has 0 aromatic heterocycles. The van der Waals surface area contributed by atoms with Crippen LogP contribution in [0.3, 0.4) is 0 Å². The van der Waals surface area contributed by atoms with Crippen LogP contribution in [0.4, 0.5) is 0 Å². The molecule has 0 bridgehead atoms. The van der Waals surface area contributed by atoms with Gasteiger partial charge in [0.1, 0.15) is 0 Å². The van der Waals surface area contributed by atoms with E-state index < -0.39 is 12.2 Å². The van der Waals surface area contributed by atoms with Crippen molar-refractivity contribution in [3.8, 4) is 0 Å². The van der Waals surface area contributed by atoms with Crippen molar-refractivity contribution in [2.45, 2.75) is 12.2 Å². The highest BCUT2D eigenvalue weighted by atomic mass is 16.6. The predicted molar refractivity (Wildman–Crippen MR) is 27.8 cm³/mol. The molecular formula is C6H4O3. The summed E-state index contributed by atoms with van der Waals surface area (Å²) in [4.78, 5) is 21.2. The number of ketones is 2. The summed E-state index contributed by atoms with van der Waals surface area (Å²) in [6, 6.07) is 0. The minimum Gasteiger partial charge on any atom is -0.352 e. The van der Waals surface area contributed by atoms with E-state index in [1.54, 1.807) is 0 Å². The van der Waals surface area contributed by atoms with Gasteiger partial charge in [-0.3, -0.25) is 9.59 Å². The number of rotatable bonds is 0. The molecule has 1 aliphatic carbocycles. The normalized spacial score (nSPS) is 38.7. The van der Waals surface area contributed by atoms with Gasteiger partial charge in [-0.25, -0.2) is 0 Å². The minimum atomic E-state index is -0.428. The number of ether oxygens (including phenoxy) is 1. The molecule has 2 rings (SSSR count). The topological polar surface area (TPSA) is 46.7 Å². The maximum Gasteiger partial charge on any atom is 0.187 e. The van der Waals surface area contributed by atoms with Crippen molar-refractivity contribution in [3.63, 3.8) is 0 Å². The molecule has 0 saturated carbocycles. The van der Waals surface area contributed by atoms with Gasteiger partial charge in [0.2, 0.25) is 0 Å². The van der Waals surface area contributed by atoms with Crippen molar-refractivity contribution in [2.24, 2.45) is 0 Å². The number of carbonyl (C=O) groups excluding carboxylic acids is 2. The van der Waals surface area contributed by atoms with Crippen LogP contribution in [0.25, 0.3) is 0 Å². The molecule has 1 saturated heterocycles. The molecule has 0 radical (unpaired) electrons. The maximum absolute atomic E-state index is 10.6. The van der Waals surface area contributed by atoms with Gasteiger partial charge in [-0.05, 0) is 12.2 Å². The Labute approximate surface area is 51.3 Å². The third-order valence-electron chi connectivity index (χ3n) is 1.46. The van der Waals surface area contributed by atoms with Crippen LogP contribution in [-0.2, 0) is 14.3 Å². The summed E-state index contributed by atoms with van der Waals surface area (Å²) in [5.74, 6) is -0.167. The van der Waals surface area contributed by atoms with Gasteiger partial charge in [0, 0.05) is 0 Å². The number of carbonyl (C=O) groups is 2. The summed E-state index contributed by atoms with van der Waals surface area (Å²) in [7, 11) is 0. The Morgan fingerprint density at radius 2 is 1.56 bits per heavy atom. The summed E-state index contributed by atoms with van der Waals surface area (Å²) in [5.41, 5.74) is 0. The number of fused-ring (bicyclic) bond motifs is 1. The van der Waals surface area contributed by atoms with E-state index in [9.17, 15) is 9.59 Å². The second kappa shape index (κ2) is 1.30. The van der Waals surface area contributed by atoms with E-state index in [4.69, 9.17) is 4.74 Å². The van der Waals surface area contributed by atoms with Crippen LogP contribution >= 0.6 is 0 Å². The highest BCUT2D eigenvalue weighted by Crippen LogP contribution is 2.27. The first kappa shape index (κ1) is 4.88. The summed E-state index contributed by atoms with van der Waals surface area (Å²) < 4.78 is 4.74. The van der Waals surface area contributed by atoms with Gasteiger partial charge in [0.15, 0.2) is 23.8 Å². The summed E-state index contributed by atoms with van der Waals surface area (Å²) >= 11 is 0. The van der Waals surface area contributed by atoms with Crippen LogP contribution in [-0.4, -0.2) is 23.8 Å². The number of epoxide rings is 1. The van der Waals surface area contributed by atoms with Gasteiger partial charge in [-0.2, -0.15) is 0 Å². The highest BCUT2D eigenvalue weighted by molar-refractivity contribution is 6.12. The smallest absolute Gasteiger partial charge is 0.187 e. The van der Waals surface area contributed by atoms with E-state index in [0.717, 1.165) is 0 Å². The van der Waals surface area contributed by atoms with Crippen molar-refractivity contribution in [1.82, 2.24) is 0 Å². The van der Waals surface area contributed by atoms with Crippen LogP contribution in [0.5, 0.6) is 0 Å². The third-order valence-corrected chi connectivity index (χ3v) is 1.46. The third kappa shape index (κ3) is 0.549. The molecule has 1 fully saturated rings. The van der Waals surface area contributed by atoms with Crippen LogP contribution in [0.1, 0.15) is 0 Å². The van der Waals surface area contributed by atoms with E-state index in [-0.39, 0.29) is 11.6 Å². The summed E-state index contributed by atoms with van der Waals surface area (Å²) in [6.45, 7) is 0. The second-order valence-electron chi connectivity index (χ2n) is 2.12. The Bertz CT molecular complexity index is 194.